The van der Waals surface area contributed by atoms with Crippen LogP contribution >= 0.6 is 34.8 Å². The number of hydrogen-bond donors (Lipinski definition) is 16. The molecule has 17 N–H and O–H groups in total. The standard InChI is InChI=1S/C67H55Cl3N8O19/c1-78(24-26-5-10-32(68)11-6-26)25-37-42(82)23-36-49(59(37)85)48-35(3-2-4-41(48)81)53-64(90)77-56(66(92)75-54(36)67(93)94)58(84)29-9-14-44(39(70)18-29)97-47-21-31-20-46(60(47)86)96-43-13-8-28(17-38(43)69)57(83)55-65(91)73-51(62(88)72-52(31)63(89)74-53)30-15-33(79)22-34(16-30)95-45-19-27(7-12-40(45)80)50(71)61(87)76-55/h2-23,50-58,79-86H,24-25,71H2,1H3,(H,72,88)(H,73,91)(H,74,89)(H,75,92)(H,76,87)(H,77,90)(H,93,94). The zero-order chi connectivity index (χ0) is 69.2. The van der Waals surface area contributed by atoms with Gasteiger partial charge in [0.1, 0.15) is 88.7 Å². The number of rotatable bonds is 5. The fourth-order valence-electron chi connectivity index (χ4n) is 11.8. The van der Waals surface area contributed by atoms with Crippen molar-refractivity contribution in [2.24, 2.45) is 5.73 Å². The minimum atomic E-state index is -2.32. The van der Waals surface area contributed by atoms with Crippen LogP contribution in [0.3, 0.4) is 0 Å². The van der Waals surface area contributed by atoms with Crippen LogP contribution in [-0.4, -0.2) is 111 Å². The number of aliphatic hydroxyl groups excluding tert-OH is 2. The number of benzene rings is 8. The first-order chi connectivity index (χ1) is 46.2. The molecule has 15 bridgehead atoms. The summed E-state index contributed by atoms with van der Waals surface area (Å²) in [6.07, 6.45) is -4.25. The largest absolute Gasteiger partial charge is 0.508 e. The van der Waals surface area contributed by atoms with Crippen LogP contribution in [0.5, 0.6) is 69.0 Å². The Morgan fingerprint density at radius 1 is 0.485 bits per heavy atom. The number of phenolic OH excluding ortho intramolecular Hbond substituents is 6. The number of phenols is 6. The molecule has 97 heavy (non-hydrogen) atoms. The van der Waals surface area contributed by atoms with Crippen molar-refractivity contribution in [1.82, 2.24) is 36.8 Å². The molecular weight excluding hydrogens is 1330 g/mol. The van der Waals surface area contributed by atoms with Crippen molar-refractivity contribution in [3.63, 3.8) is 0 Å². The maximum absolute atomic E-state index is 16.1. The molecule has 0 spiro atoms. The maximum atomic E-state index is 16.1. The molecule has 27 nitrogen and oxygen atoms in total. The number of aromatic hydroxyl groups is 6. The number of nitrogens with two attached hydrogens (primary N) is 1. The van der Waals surface area contributed by atoms with Crippen molar-refractivity contribution in [2.45, 2.75) is 67.6 Å². The number of fused-ring (bicyclic) bond motifs is 13. The van der Waals surface area contributed by atoms with Crippen LogP contribution in [0.25, 0.3) is 11.1 Å². The van der Waals surface area contributed by atoms with Crippen LogP contribution in [0.2, 0.25) is 15.1 Å². The number of aliphatic carboxylic acids is 1. The molecule has 9 atom stereocenters. The van der Waals surface area contributed by atoms with Gasteiger partial charge < -0.3 is 97.8 Å². The highest BCUT2D eigenvalue weighted by Gasteiger charge is 2.44. The highest BCUT2D eigenvalue weighted by molar-refractivity contribution is 6.32. The number of nitrogens with one attached hydrogen (secondary N) is 6. The second-order valence-corrected chi connectivity index (χ2v) is 24.5. The van der Waals surface area contributed by atoms with Crippen LogP contribution < -0.4 is 51.8 Å². The van der Waals surface area contributed by atoms with Gasteiger partial charge in [-0.2, -0.15) is 0 Å². The van der Waals surface area contributed by atoms with E-state index in [1.54, 1.807) is 36.2 Å². The van der Waals surface area contributed by atoms with Crippen LogP contribution in [-0.2, 0) is 46.7 Å². The van der Waals surface area contributed by atoms with E-state index in [9.17, 15) is 60.3 Å². The molecule has 0 radical (unpaired) electrons. The molecule has 6 aliphatic heterocycles. The minimum Gasteiger partial charge on any atom is -0.508 e. The third-order valence-electron chi connectivity index (χ3n) is 16.7. The Morgan fingerprint density at radius 3 is 1.64 bits per heavy atom. The van der Waals surface area contributed by atoms with Crippen LogP contribution in [0, 0.1) is 0 Å². The van der Waals surface area contributed by atoms with E-state index in [4.69, 9.17) is 54.7 Å². The molecule has 8 aromatic carbocycles. The van der Waals surface area contributed by atoms with E-state index in [-0.39, 0.29) is 74.0 Å². The summed E-state index contributed by atoms with van der Waals surface area (Å²) in [6, 6.07) is 11.8. The number of ether oxygens (including phenoxy) is 3. The quantitative estimate of drug-likeness (QED) is 0.0846. The number of hydrogen-bond acceptors (Lipinski definition) is 20. The van der Waals surface area contributed by atoms with E-state index in [2.05, 4.69) is 31.9 Å². The van der Waals surface area contributed by atoms with Gasteiger partial charge >= 0.3 is 5.97 Å². The lowest BCUT2D eigenvalue weighted by Crippen LogP contribution is -2.55. The molecule has 30 heteroatoms. The molecule has 14 rings (SSSR count). The predicted octanol–water partition coefficient (Wildman–Crippen LogP) is 6.76. The van der Waals surface area contributed by atoms with Gasteiger partial charge in [-0.1, -0.05) is 77.3 Å². The number of carboxylic acid groups (broad SMARTS) is 1. The first-order valence-electron chi connectivity index (χ1n) is 29.4. The van der Waals surface area contributed by atoms with Gasteiger partial charge in [0.2, 0.25) is 41.2 Å². The molecule has 0 aromatic heterocycles. The third kappa shape index (κ3) is 13.0. The lowest BCUT2D eigenvalue weighted by Gasteiger charge is -2.31. The third-order valence-corrected chi connectivity index (χ3v) is 17.5. The topological polar surface area (TPSA) is 431 Å². The molecular formula is C67H55Cl3N8O19. The summed E-state index contributed by atoms with van der Waals surface area (Å²) < 4.78 is 18.5. The van der Waals surface area contributed by atoms with Gasteiger partial charge in [0.25, 0.3) is 0 Å². The summed E-state index contributed by atoms with van der Waals surface area (Å²) in [7, 11) is 1.61. The summed E-state index contributed by atoms with van der Waals surface area (Å²) in [5, 5.41) is 121. The Labute approximate surface area is 563 Å². The van der Waals surface area contributed by atoms with Gasteiger partial charge in [-0.05, 0) is 131 Å². The Morgan fingerprint density at radius 2 is 1.03 bits per heavy atom. The zero-order valence-electron chi connectivity index (χ0n) is 50.1. The summed E-state index contributed by atoms with van der Waals surface area (Å²) in [5.74, 6) is -16.7. The van der Waals surface area contributed by atoms with Gasteiger partial charge in [-0.25, -0.2) is 4.79 Å². The van der Waals surface area contributed by atoms with Crippen LogP contribution in [0.15, 0.2) is 133 Å². The number of carbonyl (C=O) groups excluding carboxylic acids is 6. The maximum Gasteiger partial charge on any atom is 0.330 e. The Bertz CT molecular complexity index is 4620. The average Bonchev–Trinajstić information content (AvgIpc) is 1.58. The highest BCUT2D eigenvalue weighted by Crippen LogP contribution is 2.51. The molecule has 0 aliphatic carbocycles. The highest BCUT2D eigenvalue weighted by atomic mass is 35.5. The van der Waals surface area contributed by atoms with Crippen molar-refractivity contribution in [3.05, 3.63) is 199 Å². The molecule has 6 heterocycles. The summed E-state index contributed by atoms with van der Waals surface area (Å²) in [6.45, 7) is -0.136. The second kappa shape index (κ2) is 26.3. The van der Waals surface area contributed by atoms with Crippen LogP contribution in [0.1, 0.15) is 92.5 Å². The lowest BCUT2D eigenvalue weighted by atomic mass is 9.85. The van der Waals surface area contributed by atoms with E-state index in [0.29, 0.717) is 5.02 Å². The van der Waals surface area contributed by atoms with Gasteiger partial charge in [0, 0.05) is 40.9 Å². The second-order valence-electron chi connectivity index (χ2n) is 23.2. The van der Waals surface area contributed by atoms with Crippen molar-refractivity contribution >= 4 is 76.2 Å². The van der Waals surface area contributed by atoms with E-state index in [0.717, 1.165) is 78.4 Å². The molecule has 0 saturated carbocycles. The number of amides is 6. The first kappa shape index (κ1) is 66.0. The van der Waals surface area contributed by atoms with Gasteiger partial charge in [-0.15, -0.1) is 0 Å². The fraction of sp³-hybridized carbons (Fsp3) is 0.179. The Hall–Kier alpha value is -11.0. The van der Waals surface area contributed by atoms with Gasteiger partial charge in [-0.3, -0.25) is 33.7 Å². The number of carboxylic acids is 1. The summed E-state index contributed by atoms with van der Waals surface area (Å²) >= 11 is 19.9. The molecule has 498 valence electrons. The Balaban J connectivity index is 1.09. The van der Waals surface area contributed by atoms with Crippen molar-refractivity contribution < 1.29 is 93.7 Å². The van der Waals surface area contributed by atoms with Crippen LogP contribution in [0.4, 0.5) is 0 Å². The molecule has 0 fully saturated rings. The predicted molar refractivity (Wildman–Crippen MR) is 343 cm³/mol. The van der Waals surface area contributed by atoms with Crippen molar-refractivity contribution in [2.75, 3.05) is 7.05 Å². The minimum absolute atomic E-state index is 0.0251. The zero-order valence-corrected chi connectivity index (χ0v) is 52.3. The average molecular weight is 1380 g/mol. The fourth-order valence-corrected chi connectivity index (χ4v) is 12.4. The van der Waals surface area contributed by atoms with E-state index in [1.807, 2.05) is 0 Å². The molecule has 6 amide bonds. The van der Waals surface area contributed by atoms with Gasteiger partial charge in [0.15, 0.2) is 29.0 Å². The Kier molecular flexibility index (Phi) is 17.9. The number of nitrogens with zero attached hydrogens (tertiary/aromatic N) is 1. The van der Waals surface area contributed by atoms with E-state index >= 15 is 19.2 Å². The number of aliphatic hydroxyl groups is 2. The molecule has 6 aliphatic rings. The summed E-state index contributed by atoms with van der Waals surface area (Å²) in [4.78, 5) is 107. The van der Waals surface area contributed by atoms with E-state index < -0.39 is 170 Å². The number of carbonyl (C=O) groups is 7. The molecule has 9 unspecified atom stereocenters. The van der Waals surface area contributed by atoms with Crippen molar-refractivity contribution in [3.8, 4) is 80.1 Å². The van der Waals surface area contributed by atoms with Crippen molar-refractivity contribution in [1.29, 1.82) is 0 Å². The van der Waals surface area contributed by atoms with E-state index in [1.165, 1.54) is 36.4 Å². The normalized spacial score (nSPS) is 21.6. The SMILES string of the molecule is CN(Cc1ccc(Cl)cc1)Cc1c(O)cc2c(c1O)-c1c(O)cccc1C1NC(=O)C3NC(=O)C4NC(=O)C(NC(=O)C(N)c5ccc(O)c(c5)Oc5cc(O)cc4c5)C(O)c4ccc(c(Cl)c4)Oc4cc3cc(c4O)Oc3ccc(cc3Cl)C(O)C(NC1=O)C(=O)NC2C(=O)O. The molecule has 0 saturated heterocycles. The number of halogens is 3. The smallest absolute Gasteiger partial charge is 0.330 e. The summed E-state index contributed by atoms with van der Waals surface area (Å²) in [5.41, 5.74) is 3.49. The molecule has 8 aromatic rings. The lowest BCUT2D eigenvalue weighted by molar-refractivity contribution is -0.143. The first-order valence-corrected chi connectivity index (χ1v) is 30.5. The van der Waals surface area contributed by atoms with Gasteiger partial charge in [0.05, 0.1) is 15.6 Å². The monoisotopic (exact) mass is 1380 g/mol.